The number of aromatic amines is 1. The van der Waals surface area contributed by atoms with Crippen molar-refractivity contribution in [1.82, 2.24) is 10.4 Å². The van der Waals surface area contributed by atoms with Crippen LogP contribution in [0.2, 0.25) is 5.02 Å². The monoisotopic (exact) mass is 581 g/mol. The summed E-state index contributed by atoms with van der Waals surface area (Å²) in [7, 11) is 1.39. The van der Waals surface area contributed by atoms with Gasteiger partial charge in [0.1, 0.15) is 11.4 Å². The molecule has 5 rings (SSSR count). The summed E-state index contributed by atoms with van der Waals surface area (Å²) in [5.74, 6) is -1.06. The number of methoxy groups -OCH3 is 1. The molecule has 5 aromatic rings. The van der Waals surface area contributed by atoms with Crippen molar-refractivity contribution in [2.24, 2.45) is 5.10 Å². The summed E-state index contributed by atoms with van der Waals surface area (Å²) in [6.45, 7) is 1.26. The molecular weight excluding hydrogens is 558 g/mol. The first-order valence-electron chi connectivity index (χ1n) is 12.7. The molecule has 1 aromatic heterocycles. The molecule has 0 aliphatic heterocycles. The molecule has 1 amide bonds. The molecule has 0 saturated heterocycles. The predicted molar refractivity (Wildman–Crippen MR) is 160 cm³/mol. The van der Waals surface area contributed by atoms with Gasteiger partial charge in [-0.2, -0.15) is 5.10 Å². The number of amides is 1. The van der Waals surface area contributed by atoms with Crippen molar-refractivity contribution in [3.05, 3.63) is 113 Å². The van der Waals surface area contributed by atoms with E-state index in [-0.39, 0.29) is 22.8 Å². The van der Waals surface area contributed by atoms with Crippen LogP contribution in [0.25, 0.3) is 22.0 Å². The lowest BCUT2D eigenvalue weighted by Crippen LogP contribution is -2.19. The van der Waals surface area contributed by atoms with Crippen molar-refractivity contribution in [1.29, 1.82) is 0 Å². The Bertz CT molecular complexity index is 1830. The highest BCUT2D eigenvalue weighted by atomic mass is 35.5. The van der Waals surface area contributed by atoms with E-state index in [9.17, 15) is 14.4 Å². The van der Waals surface area contributed by atoms with Crippen LogP contribution < -0.4 is 19.6 Å². The second kappa shape index (κ2) is 12.4. The zero-order valence-electron chi connectivity index (χ0n) is 22.5. The molecule has 42 heavy (non-hydrogen) atoms. The first-order chi connectivity index (χ1) is 20.3. The first kappa shape index (κ1) is 28.1. The Labute approximate surface area is 245 Å². The number of rotatable bonds is 8. The van der Waals surface area contributed by atoms with E-state index in [0.717, 1.165) is 16.5 Å². The normalized spacial score (nSPS) is 10.9. The van der Waals surface area contributed by atoms with Crippen LogP contribution in [0.15, 0.2) is 96.1 Å². The number of benzene rings is 4. The number of para-hydroxylation sites is 1. The number of hydrogen-bond donors (Lipinski definition) is 2. The van der Waals surface area contributed by atoms with E-state index in [1.165, 1.54) is 38.4 Å². The quantitative estimate of drug-likeness (QED) is 0.0946. The molecule has 0 fully saturated rings. The lowest BCUT2D eigenvalue weighted by atomic mass is 10.0. The molecule has 0 bridgehead atoms. The molecule has 0 aliphatic rings. The number of halogens is 1. The number of aromatic nitrogens is 1. The van der Waals surface area contributed by atoms with Gasteiger partial charge in [0.15, 0.2) is 11.5 Å². The van der Waals surface area contributed by atoms with Crippen LogP contribution in [-0.4, -0.2) is 36.2 Å². The fraction of sp³-hybridized carbons (Fsp3) is 0.0625. The maximum atomic E-state index is 13.3. The second-order valence-corrected chi connectivity index (χ2v) is 9.45. The van der Waals surface area contributed by atoms with Gasteiger partial charge in [0.05, 0.1) is 18.9 Å². The standard InChI is InChI=1S/C32H24ClN3O6/c1-19(37)41-27-15-12-21(16-28(27)40-2)32(39)42-26-11-7-6-10-22(26)18-34-36-31(38)30-29(20-8-4-3-5-9-20)24-17-23(33)13-14-25(24)35-30/h3-18,35H,1-2H3,(H,36,38). The Hall–Kier alpha value is -5.41. The first-order valence-corrected chi connectivity index (χ1v) is 13.1. The third-order valence-electron chi connectivity index (χ3n) is 6.19. The molecule has 9 nitrogen and oxygen atoms in total. The van der Waals surface area contributed by atoms with E-state index in [1.54, 1.807) is 36.4 Å². The molecule has 0 spiro atoms. The highest BCUT2D eigenvalue weighted by molar-refractivity contribution is 6.31. The Morgan fingerprint density at radius 2 is 1.62 bits per heavy atom. The minimum Gasteiger partial charge on any atom is -0.493 e. The van der Waals surface area contributed by atoms with Crippen molar-refractivity contribution in [3.63, 3.8) is 0 Å². The molecular formula is C32H24ClN3O6. The Kier molecular flexibility index (Phi) is 8.31. The average molecular weight is 582 g/mol. The summed E-state index contributed by atoms with van der Waals surface area (Å²) in [5, 5.41) is 5.47. The fourth-order valence-corrected chi connectivity index (χ4v) is 4.50. The number of fused-ring (bicyclic) bond motifs is 1. The largest absolute Gasteiger partial charge is 0.493 e. The lowest BCUT2D eigenvalue weighted by molar-refractivity contribution is -0.132. The summed E-state index contributed by atoms with van der Waals surface area (Å²) in [5.41, 5.74) is 5.79. The van der Waals surface area contributed by atoms with Gasteiger partial charge in [-0.05, 0) is 54.1 Å². The highest BCUT2D eigenvalue weighted by Crippen LogP contribution is 2.34. The third-order valence-corrected chi connectivity index (χ3v) is 6.43. The Morgan fingerprint density at radius 1 is 0.857 bits per heavy atom. The molecule has 0 atom stereocenters. The van der Waals surface area contributed by atoms with E-state index in [2.05, 4.69) is 15.5 Å². The van der Waals surface area contributed by atoms with Crippen LogP contribution in [0.5, 0.6) is 17.2 Å². The highest BCUT2D eigenvalue weighted by Gasteiger charge is 2.20. The van der Waals surface area contributed by atoms with Gasteiger partial charge in [0, 0.05) is 34.0 Å². The summed E-state index contributed by atoms with van der Waals surface area (Å²) in [4.78, 5) is 40.6. The van der Waals surface area contributed by atoms with Crippen molar-refractivity contribution < 1.29 is 28.6 Å². The number of carbonyl (C=O) groups excluding carboxylic acids is 3. The topological polar surface area (TPSA) is 119 Å². The number of hydrazone groups is 1. The van der Waals surface area contributed by atoms with Crippen LogP contribution >= 0.6 is 11.6 Å². The van der Waals surface area contributed by atoms with Crippen LogP contribution in [0.1, 0.15) is 33.3 Å². The number of carbonyl (C=O) groups is 3. The van der Waals surface area contributed by atoms with Gasteiger partial charge in [0.25, 0.3) is 5.91 Å². The van der Waals surface area contributed by atoms with Crippen LogP contribution in [0, 0.1) is 0 Å². The van der Waals surface area contributed by atoms with E-state index in [1.807, 2.05) is 36.4 Å². The summed E-state index contributed by atoms with van der Waals surface area (Å²) >= 11 is 6.25. The number of hydrogen-bond acceptors (Lipinski definition) is 7. The molecule has 2 N–H and O–H groups in total. The predicted octanol–water partition coefficient (Wildman–Crippen LogP) is 6.41. The average Bonchev–Trinajstić information content (AvgIpc) is 3.37. The van der Waals surface area contributed by atoms with Crippen molar-refractivity contribution in [2.45, 2.75) is 6.92 Å². The number of ether oxygens (including phenoxy) is 3. The van der Waals surface area contributed by atoms with Gasteiger partial charge in [-0.3, -0.25) is 9.59 Å². The number of nitrogens with zero attached hydrogens (tertiary/aromatic N) is 1. The van der Waals surface area contributed by atoms with E-state index < -0.39 is 17.8 Å². The molecule has 210 valence electrons. The molecule has 0 aliphatic carbocycles. The minimum absolute atomic E-state index is 0.176. The maximum absolute atomic E-state index is 13.3. The van der Waals surface area contributed by atoms with Crippen LogP contribution in [-0.2, 0) is 4.79 Å². The van der Waals surface area contributed by atoms with Gasteiger partial charge in [0.2, 0.25) is 0 Å². The van der Waals surface area contributed by atoms with E-state index in [0.29, 0.717) is 21.8 Å². The third kappa shape index (κ3) is 6.16. The van der Waals surface area contributed by atoms with Crippen LogP contribution in [0.3, 0.4) is 0 Å². The van der Waals surface area contributed by atoms with E-state index >= 15 is 0 Å². The number of nitrogens with one attached hydrogen (secondary N) is 2. The van der Waals surface area contributed by atoms with Crippen molar-refractivity contribution in [3.8, 4) is 28.4 Å². The molecule has 10 heteroatoms. The van der Waals surface area contributed by atoms with Gasteiger partial charge >= 0.3 is 11.9 Å². The lowest BCUT2D eigenvalue weighted by Gasteiger charge is -2.11. The Balaban J connectivity index is 1.36. The summed E-state index contributed by atoms with van der Waals surface area (Å²) < 4.78 is 15.9. The zero-order valence-corrected chi connectivity index (χ0v) is 23.3. The molecule has 1 heterocycles. The second-order valence-electron chi connectivity index (χ2n) is 9.02. The maximum Gasteiger partial charge on any atom is 0.343 e. The minimum atomic E-state index is -0.670. The van der Waals surface area contributed by atoms with Crippen molar-refractivity contribution >= 4 is 46.6 Å². The molecule has 4 aromatic carbocycles. The molecule has 0 saturated carbocycles. The SMILES string of the molecule is COc1cc(C(=O)Oc2ccccc2C=NNC(=O)c2[nH]c3ccc(Cl)cc3c2-c2ccccc2)ccc1OC(C)=O. The molecule has 0 radical (unpaired) electrons. The smallest absolute Gasteiger partial charge is 0.343 e. The molecule has 0 unspecified atom stereocenters. The van der Waals surface area contributed by atoms with Crippen LogP contribution in [0.4, 0.5) is 0 Å². The Morgan fingerprint density at radius 3 is 2.38 bits per heavy atom. The number of H-pyrrole nitrogens is 1. The zero-order chi connectivity index (χ0) is 29.6. The van der Waals surface area contributed by atoms with Gasteiger partial charge in [-0.15, -0.1) is 0 Å². The van der Waals surface area contributed by atoms with Gasteiger partial charge < -0.3 is 19.2 Å². The van der Waals surface area contributed by atoms with Gasteiger partial charge in [-0.1, -0.05) is 54.1 Å². The summed E-state index contributed by atoms with van der Waals surface area (Å²) in [6, 6.07) is 25.9. The van der Waals surface area contributed by atoms with Gasteiger partial charge in [-0.25, -0.2) is 10.2 Å². The summed E-state index contributed by atoms with van der Waals surface area (Å²) in [6.07, 6.45) is 1.38. The fourth-order valence-electron chi connectivity index (χ4n) is 4.33. The number of esters is 2. The van der Waals surface area contributed by atoms with E-state index in [4.69, 9.17) is 25.8 Å². The van der Waals surface area contributed by atoms with Crippen molar-refractivity contribution in [2.75, 3.05) is 7.11 Å².